The van der Waals surface area contributed by atoms with E-state index >= 15 is 0 Å². The number of rotatable bonds is 7. The highest BCUT2D eigenvalue weighted by Gasteiger charge is 2.47. The zero-order chi connectivity index (χ0) is 23.5. The second kappa shape index (κ2) is 9.48. The number of anilines is 1. The summed E-state index contributed by atoms with van der Waals surface area (Å²) >= 11 is 0. The first-order chi connectivity index (χ1) is 15.9. The van der Waals surface area contributed by atoms with E-state index in [0.717, 1.165) is 31.2 Å². The second-order valence-corrected chi connectivity index (χ2v) is 8.26. The van der Waals surface area contributed by atoms with Gasteiger partial charge in [0.1, 0.15) is 5.92 Å². The first kappa shape index (κ1) is 22.6. The number of carbonyl (C=O) groups excluding carboxylic acids is 2. The smallest absolute Gasteiger partial charge is 0.318 e. The highest BCUT2D eigenvalue weighted by atomic mass is 16.6. The Hall–Kier alpha value is -3.62. The quantitative estimate of drug-likeness (QED) is 0.271. The van der Waals surface area contributed by atoms with Crippen LogP contribution < -0.4 is 14.4 Å². The van der Waals surface area contributed by atoms with Gasteiger partial charge >= 0.3 is 5.97 Å². The van der Waals surface area contributed by atoms with E-state index in [9.17, 15) is 19.7 Å². The third kappa shape index (κ3) is 4.48. The van der Waals surface area contributed by atoms with Crippen LogP contribution in [0.1, 0.15) is 37.2 Å². The molecule has 0 radical (unpaired) electrons. The Morgan fingerprint density at radius 3 is 2.36 bits per heavy atom. The maximum absolute atomic E-state index is 13.2. The predicted octanol–water partition coefficient (Wildman–Crippen LogP) is 3.84. The summed E-state index contributed by atoms with van der Waals surface area (Å²) in [4.78, 5) is 37.8. The van der Waals surface area contributed by atoms with E-state index in [1.165, 1.54) is 36.3 Å². The SMILES string of the molecule is COC(=O)[C@@H]1C(=O)N(c2ccc([N+](=O)[O-])cc2)C[C@H]1c1ccc(OC)c(OC2CCCC2)c1. The Morgan fingerprint density at radius 2 is 1.76 bits per heavy atom. The van der Waals surface area contributed by atoms with Crippen molar-refractivity contribution in [2.45, 2.75) is 37.7 Å². The molecule has 2 aromatic carbocycles. The molecule has 0 N–H and O–H groups in total. The summed E-state index contributed by atoms with van der Waals surface area (Å²) in [6, 6.07) is 11.1. The van der Waals surface area contributed by atoms with E-state index in [1.54, 1.807) is 13.2 Å². The van der Waals surface area contributed by atoms with Gasteiger partial charge in [-0.05, 0) is 55.5 Å². The number of hydrogen-bond acceptors (Lipinski definition) is 7. The predicted molar refractivity (Wildman–Crippen MR) is 120 cm³/mol. The van der Waals surface area contributed by atoms with Gasteiger partial charge in [0.15, 0.2) is 11.5 Å². The van der Waals surface area contributed by atoms with Crippen LogP contribution in [0.4, 0.5) is 11.4 Å². The Bertz CT molecular complexity index is 1050. The van der Waals surface area contributed by atoms with Gasteiger partial charge in [-0.3, -0.25) is 19.7 Å². The molecule has 0 unspecified atom stereocenters. The van der Waals surface area contributed by atoms with E-state index < -0.39 is 28.6 Å². The van der Waals surface area contributed by atoms with Gasteiger partial charge in [0.25, 0.3) is 5.69 Å². The molecule has 1 amide bonds. The molecule has 2 atom stereocenters. The van der Waals surface area contributed by atoms with Gasteiger partial charge < -0.3 is 19.1 Å². The van der Waals surface area contributed by atoms with Gasteiger partial charge in [0.2, 0.25) is 5.91 Å². The van der Waals surface area contributed by atoms with Crippen molar-refractivity contribution < 1.29 is 28.7 Å². The molecule has 2 aromatic rings. The van der Waals surface area contributed by atoms with Crippen molar-refractivity contribution in [3.63, 3.8) is 0 Å². The third-order valence-electron chi connectivity index (χ3n) is 6.35. The molecule has 174 valence electrons. The maximum atomic E-state index is 13.2. The molecule has 1 heterocycles. The number of methoxy groups -OCH3 is 2. The molecule has 1 aliphatic heterocycles. The molecule has 9 nitrogen and oxygen atoms in total. The van der Waals surface area contributed by atoms with Crippen molar-refractivity contribution in [1.29, 1.82) is 0 Å². The van der Waals surface area contributed by atoms with Crippen LogP contribution in [0.25, 0.3) is 0 Å². The van der Waals surface area contributed by atoms with E-state index in [0.29, 0.717) is 17.2 Å². The number of carbonyl (C=O) groups is 2. The molecule has 9 heteroatoms. The minimum atomic E-state index is -1.03. The van der Waals surface area contributed by atoms with Crippen LogP contribution in [0.15, 0.2) is 42.5 Å². The average molecular weight is 454 g/mol. The third-order valence-corrected chi connectivity index (χ3v) is 6.35. The zero-order valence-corrected chi connectivity index (χ0v) is 18.6. The summed E-state index contributed by atoms with van der Waals surface area (Å²) in [5, 5.41) is 11.0. The lowest BCUT2D eigenvalue weighted by Gasteiger charge is -2.20. The topological polar surface area (TPSA) is 108 Å². The Morgan fingerprint density at radius 1 is 1.06 bits per heavy atom. The monoisotopic (exact) mass is 454 g/mol. The number of nitro benzene ring substituents is 1. The van der Waals surface area contributed by atoms with Crippen LogP contribution >= 0.6 is 0 Å². The molecule has 4 rings (SSSR count). The lowest BCUT2D eigenvalue weighted by atomic mass is 9.88. The lowest BCUT2D eigenvalue weighted by molar-refractivity contribution is -0.384. The molecular formula is C24H26N2O7. The number of esters is 1. The highest BCUT2D eigenvalue weighted by Crippen LogP contribution is 2.41. The van der Waals surface area contributed by atoms with Gasteiger partial charge in [-0.2, -0.15) is 0 Å². The van der Waals surface area contributed by atoms with Gasteiger partial charge in [0.05, 0.1) is 25.2 Å². The average Bonchev–Trinajstić information content (AvgIpc) is 3.46. The van der Waals surface area contributed by atoms with E-state index in [1.807, 2.05) is 12.1 Å². The molecule has 2 fully saturated rings. The second-order valence-electron chi connectivity index (χ2n) is 8.26. The van der Waals surface area contributed by atoms with Crippen molar-refractivity contribution in [2.75, 3.05) is 25.7 Å². The molecule has 0 bridgehead atoms. The molecule has 1 saturated carbocycles. The molecule has 1 saturated heterocycles. The standard InChI is InChI=1S/C24H26N2O7/c1-31-20-12-7-15(13-21(20)33-18-5-3-4-6-18)19-14-25(23(27)22(19)24(28)32-2)16-8-10-17(11-9-16)26(29)30/h7-13,18-19,22H,3-6,14H2,1-2H3/t19-,22-/m0/s1. The summed E-state index contributed by atoms with van der Waals surface area (Å²) in [6.07, 6.45) is 4.33. The Kier molecular flexibility index (Phi) is 6.48. The van der Waals surface area contributed by atoms with Gasteiger partial charge in [0, 0.05) is 30.3 Å². The van der Waals surface area contributed by atoms with Crippen molar-refractivity contribution in [3.8, 4) is 11.5 Å². The lowest BCUT2D eigenvalue weighted by Crippen LogP contribution is -2.31. The molecule has 0 aromatic heterocycles. The maximum Gasteiger partial charge on any atom is 0.318 e. The van der Waals surface area contributed by atoms with E-state index in [2.05, 4.69) is 0 Å². The molecule has 33 heavy (non-hydrogen) atoms. The van der Waals surface area contributed by atoms with Crippen LogP contribution in [0.2, 0.25) is 0 Å². The van der Waals surface area contributed by atoms with Crippen molar-refractivity contribution in [1.82, 2.24) is 0 Å². The van der Waals surface area contributed by atoms with Gasteiger partial charge in [-0.25, -0.2) is 0 Å². The minimum Gasteiger partial charge on any atom is -0.493 e. The molecule has 2 aliphatic rings. The summed E-state index contributed by atoms with van der Waals surface area (Å²) in [6.45, 7) is 0.228. The fourth-order valence-corrected chi connectivity index (χ4v) is 4.61. The van der Waals surface area contributed by atoms with E-state index in [-0.39, 0.29) is 18.3 Å². The minimum absolute atomic E-state index is 0.0738. The number of nitrogens with zero attached hydrogens (tertiary/aromatic N) is 2. The van der Waals surface area contributed by atoms with Crippen molar-refractivity contribution in [2.24, 2.45) is 5.92 Å². The normalized spacial score (nSPS) is 20.7. The first-order valence-electron chi connectivity index (χ1n) is 10.9. The fourth-order valence-electron chi connectivity index (χ4n) is 4.61. The summed E-state index contributed by atoms with van der Waals surface area (Å²) in [7, 11) is 2.83. The molecular weight excluding hydrogens is 428 g/mol. The van der Waals surface area contributed by atoms with Crippen LogP contribution in [0.5, 0.6) is 11.5 Å². The van der Waals surface area contributed by atoms with E-state index in [4.69, 9.17) is 14.2 Å². The zero-order valence-electron chi connectivity index (χ0n) is 18.6. The fraction of sp³-hybridized carbons (Fsp3) is 0.417. The molecule has 0 spiro atoms. The Balaban J connectivity index is 1.66. The van der Waals surface area contributed by atoms with Crippen LogP contribution in [-0.4, -0.2) is 43.7 Å². The number of ether oxygens (including phenoxy) is 3. The summed E-state index contributed by atoms with van der Waals surface area (Å²) in [5.41, 5.74) is 1.17. The number of hydrogen-bond donors (Lipinski definition) is 0. The first-order valence-corrected chi connectivity index (χ1v) is 10.9. The van der Waals surface area contributed by atoms with Crippen LogP contribution in [0, 0.1) is 16.0 Å². The number of amides is 1. The van der Waals surface area contributed by atoms with Crippen LogP contribution in [0.3, 0.4) is 0 Å². The molecule has 1 aliphatic carbocycles. The highest BCUT2D eigenvalue weighted by molar-refractivity contribution is 6.09. The summed E-state index contributed by atoms with van der Waals surface area (Å²) < 4.78 is 16.6. The van der Waals surface area contributed by atoms with Crippen LogP contribution in [-0.2, 0) is 14.3 Å². The summed E-state index contributed by atoms with van der Waals surface area (Å²) in [5.74, 6) is -1.35. The largest absolute Gasteiger partial charge is 0.493 e. The van der Waals surface area contributed by atoms with Gasteiger partial charge in [-0.15, -0.1) is 0 Å². The van der Waals surface area contributed by atoms with Crippen molar-refractivity contribution >= 4 is 23.3 Å². The number of benzene rings is 2. The van der Waals surface area contributed by atoms with Crippen molar-refractivity contribution in [3.05, 3.63) is 58.1 Å². The Labute approximate surface area is 191 Å². The number of non-ortho nitro benzene ring substituents is 1. The van der Waals surface area contributed by atoms with Gasteiger partial charge in [-0.1, -0.05) is 6.07 Å². The number of nitro groups is 1.